The van der Waals surface area contributed by atoms with Crippen LogP contribution in [0.25, 0.3) is 11.0 Å². The Kier molecular flexibility index (Phi) is 7.50. The standard InChI is InChI=1S/C25H28FN7O3/c1-33(2)11-4-12-36-16-6-8-21(35-3)20(14-16)30-25-31-23-17(9-10-28-23)24(32-25)29-19-7-5-15(26)13-18(19)22(27)34/h5-10,13-14H,4,11-12H2,1-3H3,(H2,27,34)(H3,28,29,30,31,32)/p+1. The van der Waals surface area contributed by atoms with Crippen LogP contribution in [0.4, 0.5) is 27.5 Å². The van der Waals surface area contributed by atoms with Crippen molar-refractivity contribution in [3.63, 3.8) is 0 Å². The van der Waals surface area contributed by atoms with Crippen molar-refractivity contribution in [1.82, 2.24) is 14.9 Å². The number of nitrogens with one attached hydrogen (secondary N) is 4. The van der Waals surface area contributed by atoms with Crippen molar-refractivity contribution in [2.24, 2.45) is 5.73 Å². The number of H-pyrrole nitrogens is 2. The number of nitrogens with two attached hydrogens (primary N) is 1. The lowest BCUT2D eigenvalue weighted by molar-refractivity contribution is -0.333. The molecule has 188 valence electrons. The zero-order chi connectivity index (χ0) is 25.7. The number of carbonyl (C=O) groups is 1. The molecule has 0 aliphatic carbocycles. The molecule has 0 aliphatic rings. The molecule has 2 aromatic heterocycles. The van der Waals surface area contributed by atoms with Gasteiger partial charge in [0.1, 0.15) is 17.3 Å². The molecule has 0 radical (unpaired) electrons. The van der Waals surface area contributed by atoms with Gasteiger partial charge in [0.2, 0.25) is 11.5 Å². The maximum absolute atomic E-state index is 13.7. The normalized spacial score (nSPS) is 11.0. The van der Waals surface area contributed by atoms with Crippen LogP contribution in [-0.2, 0) is 0 Å². The monoisotopic (exact) mass is 494 g/mol. The molecule has 0 spiro atoms. The molecular weight excluding hydrogens is 465 g/mol. The topological polar surface area (TPSA) is 132 Å². The molecule has 1 amide bonds. The number of benzene rings is 2. The number of fused-ring (bicyclic) bond motifs is 1. The number of nitrogens with zero attached hydrogens (tertiary/aromatic N) is 2. The van der Waals surface area contributed by atoms with Crippen molar-refractivity contribution in [1.29, 1.82) is 0 Å². The molecule has 2 heterocycles. The molecule has 0 saturated heterocycles. The van der Waals surface area contributed by atoms with E-state index >= 15 is 0 Å². The SMILES string of the molecule is COc1ccc(OCCCN(C)C)cc1Nc1nc(Nc2ccc(F)cc2C(N)=O)c2cc[nH]c2[nH+]1. The highest BCUT2D eigenvalue weighted by Gasteiger charge is 2.19. The van der Waals surface area contributed by atoms with E-state index in [0.29, 0.717) is 46.9 Å². The largest absolute Gasteiger partial charge is 0.493 e. The van der Waals surface area contributed by atoms with Gasteiger partial charge in [-0.1, -0.05) is 4.98 Å². The summed E-state index contributed by atoms with van der Waals surface area (Å²) in [5.74, 6) is 0.786. The van der Waals surface area contributed by atoms with Gasteiger partial charge < -0.3 is 25.4 Å². The minimum Gasteiger partial charge on any atom is -0.493 e. The first-order valence-corrected chi connectivity index (χ1v) is 11.3. The van der Waals surface area contributed by atoms with Crippen LogP contribution < -0.4 is 30.8 Å². The number of halogens is 1. The average Bonchev–Trinajstić information content (AvgIpc) is 3.32. The fraction of sp³-hybridized carbons (Fsp3) is 0.240. The molecule has 36 heavy (non-hydrogen) atoms. The number of hydrogen-bond donors (Lipinski definition) is 4. The maximum atomic E-state index is 13.7. The minimum absolute atomic E-state index is 0.0172. The molecule has 0 aliphatic heterocycles. The van der Waals surface area contributed by atoms with Gasteiger partial charge >= 0.3 is 5.95 Å². The van der Waals surface area contributed by atoms with Gasteiger partial charge in [-0.15, -0.1) is 0 Å². The average molecular weight is 495 g/mol. The van der Waals surface area contributed by atoms with E-state index in [-0.39, 0.29) is 5.56 Å². The Balaban J connectivity index is 1.63. The summed E-state index contributed by atoms with van der Waals surface area (Å²) in [4.78, 5) is 24.9. The van der Waals surface area contributed by atoms with Crippen LogP contribution in [0.3, 0.4) is 0 Å². The van der Waals surface area contributed by atoms with E-state index in [1.54, 1.807) is 13.3 Å². The van der Waals surface area contributed by atoms with Crippen molar-refractivity contribution >= 4 is 40.1 Å². The van der Waals surface area contributed by atoms with Crippen LogP contribution in [0.1, 0.15) is 16.8 Å². The van der Waals surface area contributed by atoms with Gasteiger partial charge in [0, 0.05) is 18.8 Å². The smallest absolute Gasteiger partial charge is 0.351 e. The van der Waals surface area contributed by atoms with E-state index in [2.05, 4.69) is 30.5 Å². The number of carbonyl (C=O) groups excluding carboxylic acids is 1. The van der Waals surface area contributed by atoms with E-state index in [1.807, 2.05) is 38.4 Å². The van der Waals surface area contributed by atoms with Crippen LogP contribution in [-0.4, -0.2) is 55.1 Å². The summed E-state index contributed by atoms with van der Waals surface area (Å²) in [6.07, 6.45) is 2.65. The summed E-state index contributed by atoms with van der Waals surface area (Å²) >= 11 is 0. The van der Waals surface area contributed by atoms with E-state index in [1.165, 1.54) is 12.1 Å². The zero-order valence-electron chi connectivity index (χ0n) is 20.3. The zero-order valence-corrected chi connectivity index (χ0v) is 20.3. The quantitative estimate of drug-likeness (QED) is 0.235. The van der Waals surface area contributed by atoms with Gasteiger partial charge in [0.15, 0.2) is 5.75 Å². The predicted molar refractivity (Wildman–Crippen MR) is 136 cm³/mol. The van der Waals surface area contributed by atoms with Crippen LogP contribution in [0, 0.1) is 5.82 Å². The van der Waals surface area contributed by atoms with Crippen molar-refractivity contribution in [2.45, 2.75) is 6.42 Å². The molecule has 2 aromatic carbocycles. The number of anilines is 4. The molecule has 0 fully saturated rings. The predicted octanol–water partition coefficient (Wildman–Crippen LogP) is 3.44. The van der Waals surface area contributed by atoms with Gasteiger partial charge in [0.25, 0.3) is 5.91 Å². The second-order valence-corrected chi connectivity index (χ2v) is 8.37. The highest BCUT2D eigenvalue weighted by Crippen LogP contribution is 2.32. The molecule has 0 unspecified atom stereocenters. The Morgan fingerprint density at radius 1 is 1.17 bits per heavy atom. The van der Waals surface area contributed by atoms with E-state index < -0.39 is 11.7 Å². The Labute approximate surface area is 207 Å². The molecular formula is C25H29FN7O3+. The first kappa shape index (κ1) is 24.7. The number of rotatable bonds is 11. The van der Waals surface area contributed by atoms with Crippen molar-refractivity contribution < 1.29 is 23.6 Å². The molecule has 0 atom stereocenters. The van der Waals surface area contributed by atoms with Crippen LogP contribution in [0.5, 0.6) is 11.5 Å². The van der Waals surface area contributed by atoms with Gasteiger partial charge in [-0.05, 0) is 56.9 Å². The summed E-state index contributed by atoms with van der Waals surface area (Å²) in [6, 6.07) is 11.1. The van der Waals surface area contributed by atoms with Crippen molar-refractivity contribution in [2.75, 3.05) is 45.0 Å². The number of methoxy groups -OCH3 is 1. The molecule has 10 nitrogen and oxygen atoms in total. The fourth-order valence-electron chi connectivity index (χ4n) is 3.67. The van der Waals surface area contributed by atoms with Crippen LogP contribution in [0.15, 0.2) is 48.7 Å². The van der Waals surface area contributed by atoms with Gasteiger partial charge in [-0.3, -0.25) is 15.1 Å². The Hall–Kier alpha value is -4.38. The van der Waals surface area contributed by atoms with E-state index in [0.717, 1.165) is 24.4 Å². The summed E-state index contributed by atoms with van der Waals surface area (Å²) in [7, 11) is 5.62. The molecule has 4 rings (SSSR count). The Bertz CT molecular complexity index is 1370. The molecule has 6 N–H and O–H groups in total. The van der Waals surface area contributed by atoms with Gasteiger partial charge in [-0.2, -0.15) is 0 Å². The van der Waals surface area contributed by atoms with Crippen molar-refractivity contribution in [3.05, 3.63) is 60.0 Å². The number of hydrogen-bond acceptors (Lipinski definition) is 7. The Morgan fingerprint density at radius 3 is 2.75 bits per heavy atom. The number of aromatic nitrogens is 3. The van der Waals surface area contributed by atoms with Crippen molar-refractivity contribution in [3.8, 4) is 11.5 Å². The number of aromatic amines is 2. The number of amides is 1. The summed E-state index contributed by atoms with van der Waals surface area (Å²) < 4.78 is 25.1. The summed E-state index contributed by atoms with van der Waals surface area (Å²) in [6.45, 7) is 1.51. The number of ether oxygens (including phenoxy) is 2. The second kappa shape index (κ2) is 10.9. The molecule has 11 heteroatoms. The fourth-order valence-corrected chi connectivity index (χ4v) is 3.67. The van der Waals surface area contributed by atoms with Gasteiger partial charge in [0.05, 0.1) is 30.4 Å². The summed E-state index contributed by atoms with van der Waals surface area (Å²) in [5, 5.41) is 7.06. The maximum Gasteiger partial charge on any atom is 0.351 e. The Morgan fingerprint density at radius 2 is 2.00 bits per heavy atom. The molecule has 0 saturated carbocycles. The number of primary amides is 1. The third kappa shape index (κ3) is 5.81. The minimum atomic E-state index is -0.754. The second-order valence-electron chi connectivity index (χ2n) is 8.37. The molecule has 4 aromatic rings. The first-order chi connectivity index (χ1) is 17.3. The third-order valence-corrected chi connectivity index (χ3v) is 5.41. The lowest BCUT2D eigenvalue weighted by Crippen LogP contribution is -2.17. The highest BCUT2D eigenvalue weighted by molar-refractivity contribution is 6.00. The van der Waals surface area contributed by atoms with E-state index in [9.17, 15) is 9.18 Å². The van der Waals surface area contributed by atoms with E-state index in [4.69, 9.17) is 15.2 Å². The third-order valence-electron chi connectivity index (χ3n) is 5.41. The highest BCUT2D eigenvalue weighted by atomic mass is 19.1. The molecule has 0 bridgehead atoms. The first-order valence-electron chi connectivity index (χ1n) is 11.3. The summed E-state index contributed by atoms with van der Waals surface area (Å²) in [5.41, 5.74) is 7.11. The van der Waals surface area contributed by atoms with Gasteiger partial charge in [-0.25, -0.2) is 9.37 Å². The van der Waals surface area contributed by atoms with Crippen LogP contribution in [0.2, 0.25) is 0 Å². The van der Waals surface area contributed by atoms with Crippen LogP contribution >= 0.6 is 0 Å². The lowest BCUT2D eigenvalue weighted by Gasteiger charge is -2.13. The lowest BCUT2D eigenvalue weighted by atomic mass is 10.1.